The molecule has 1 atom stereocenters. The number of halogens is 2. The number of carbonyl (C=O) groups excluding carboxylic acids is 2. The number of nitrogens with one attached hydrogen (secondary N) is 4. The van der Waals surface area contributed by atoms with E-state index in [2.05, 4.69) is 31.0 Å². The van der Waals surface area contributed by atoms with Gasteiger partial charge in [0, 0.05) is 60.5 Å². The van der Waals surface area contributed by atoms with Crippen LogP contribution in [0.4, 0.5) is 11.5 Å². The number of ether oxygens (including phenoxy) is 2. The van der Waals surface area contributed by atoms with Crippen molar-refractivity contribution in [1.82, 2.24) is 30.9 Å². The Balaban J connectivity index is 1.21. The van der Waals surface area contributed by atoms with Gasteiger partial charge in [0.2, 0.25) is 11.8 Å². The van der Waals surface area contributed by atoms with Gasteiger partial charge >= 0.3 is 5.97 Å². The van der Waals surface area contributed by atoms with E-state index < -0.39 is 0 Å². The standard InChI is InChI=1S/C34H33Cl2N7O4S/c1-46-29(45)18-38-17-28-43-32-26(48-28)13-14-39-33(32)41-25-8-4-6-22(31(25)36)21-5-3-7-23(30(21)35)24-11-9-19(34(42-24)47-2)15-37-16-20-10-12-27(44)40-20/h3-9,11,13-14,20,37-38H,10,12,15-18H2,1-2H3,(H,39,41)(H,40,44). The van der Waals surface area contributed by atoms with Crippen LogP contribution in [0.15, 0.2) is 60.8 Å². The van der Waals surface area contributed by atoms with Crippen LogP contribution in [0.1, 0.15) is 23.4 Å². The van der Waals surface area contributed by atoms with Crippen LogP contribution >= 0.6 is 34.5 Å². The van der Waals surface area contributed by atoms with Crippen molar-refractivity contribution in [3.05, 3.63) is 81.4 Å². The third-order valence-corrected chi connectivity index (χ3v) is 9.70. The van der Waals surface area contributed by atoms with E-state index in [0.717, 1.165) is 38.4 Å². The van der Waals surface area contributed by atoms with Crippen molar-refractivity contribution in [2.24, 2.45) is 0 Å². The predicted molar refractivity (Wildman–Crippen MR) is 189 cm³/mol. The summed E-state index contributed by atoms with van der Waals surface area (Å²) in [7, 11) is 2.94. The van der Waals surface area contributed by atoms with Gasteiger partial charge in [-0.1, -0.05) is 59.6 Å². The fraction of sp³-hybridized carbons (Fsp3) is 0.265. The van der Waals surface area contributed by atoms with E-state index in [0.29, 0.717) is 64.7 Å². The zero-order valence-corrected chi connectivity index (χ0v) is 28.6. The van der Waals surface area contributed by atoms with Crippen molar-refractivity contribution in [1.29, 1.82) is 0 Å². The number of thiazole rings is 1. The number of methoxy groups -OCH3 is 2. The smallest absolute Gasteiger partial charge is 0.319 e. The molecule has 0 aliphatic carbocycles. The molecule has 1 saturated heterocycles. The van der Waals surface area contributed by atoms with E-state index >= 15 is 0 Å². The monoisotopic (exact) mass is 705 g/mol. The van der Waals surface area contributed by atoms with Crippen molar-refractivity contribution in [2.45, 2.75) is 32.0 Å². The van der Waals surface area contributed by atoms with Gasteiger partial charge in [0.05, 0.1) is 46.9 Å². The van der Waals surface area contributed by atoms with E-state index in [1.807, 2.05) is 54.6 Å². The molecular weight excluding hydrogens is 673 g/mol. The average molecular weight is 707 g/mol. The zero-order valence-electron chi connectivity index (χ0n) is 26.2. The molecule has 1 fully saturated rings. The number of hydrogen-bond donors (Lipinski definition) is 4. The quantitative estimate of drug-likeness (QED) is 0.106. The number of fused-ring (bicyclic) bond motifs is 1. The topological polar surface area (TPSA) is 139 Å². The molecule has 5 aromatic rings. The SMILES string of the molecule is COC(=O)CNCc1nc2c(Nc3cccc(-c4cccc(-c5ccc(CNCC6CCC(=O)N6)c(OC)n5)c4Cl)c3Cl)nccc2s1. The molecule has 0 radical (unpaired) electrons. The zero-order chi connectivity index (χ0) is 33.6. The summed E-state index contributed by atoms with van der Waals surface area (Å²) in [6, 6.07) is 17.3. The van der Waals surface area contributed by atoms with Crippen molar-refractivity contribution in [3.8, 4) is 28.3 Å². The highest BCUT2D eigenvalue weighted by molar-refractivity contribution is 7.18. The van der Waals surface area contributed by atoms with Gasteiger partial charge < -0.3 is 30.7 Å². The maximum absolute atomic E-state index is 11.5. The fourth-order valence-electron chi connectivity index (χ4n) is 5.46. The average Bonchev–Trinajstić information content (AvgIpc) is 3.72. The second-order valence-electron chi connectivity index (χ2n) is 11.1. The van der Waals surface area contributed by atoms with Crippen LogP contribution in [0.2, 0.25) is 10.0 Å². The van der Waals surface area contributed by atoms with Crippen molar-refractivity contribution < 1.29 is 19.1 Å². The number of hydrogen-bond acceptors (Lipinski definition) is 11. The lowest BCUT2D eigenvalue weighted by Crippen LogP contribution is -2.35. The Bertz CT molecular complexity index is 1970. The molecule has 6 rings (SSSR count). The molecule has 48 heavy (non-hydrogen) atoms. The van der Waals surface area contributed by atoms with Gasteiger partial charge in [-0.15, -0.1) is 11.3 Å². The molecule has 11 nitrogen and oxygen atoms in total. The lowest BCUT2D eigenvalue weighted by atomic mass is 10.00. The van der Waals surface area contributed by atoms with Gasteiger partial charge in [-0.05, 0) is 24.6 Å². The van der Waals surface area contributed by atoms with Crippen LogP contribution in [0.5, 0.6) is 5.88 Å². The number of amides is 1. The number of rotatable bonds is 13. The second-order valence-corrected chi connectivity index (χ2v) is 12.9. The number of pyridine rings is 2. The molecule has 1 aliphatic heterocycles. The third kappa shape index (κ3) is 7.53. The lowest BCUT2D eigenvalue weighted by Gasteiger charge is -2.16. The first-order chi connectivity index (χ1) is 23.3. The number of esters is 1. The minimum Gasteiger partial charge on any atom is -0.481 e. The lowest BCUT2D eigenvalue weighted by molar-refractivity contribution is -0.139. The van der Waals surface area contributed by atoms with E-state index in [1.165, 1.54) is 18.4 Å². The Morgan fingerprint density at radius 2 is 1.77 bits per heavy atom. The van der Waals surface area contributed by atoms with Crippen LogP contribution in [0.25, 0.3) is 32.6 Å². The minimum absolute atomic E-state index is 0.0944. The summed E-state index contributed by atoms with van der Waals surface area (Å²) in [6.45, 7) is 1.73. The molecule has 4 heterocycles. The van der Waals surface area contributed by atoms with Crippen molar-refractivity contribution in [2.75, 3.05) is 32.6 Å². The van der Waals surface area contributed by atoms with E-state index in [9.17, 15) is 9.59 Å². The van der Waals surface area contributed by atoms with Gasteiger partial charge in [0.1, 0.15) is 10.5 Å². The summed E-state index contributed by atoms with van der Waals surface area (Å²) in [5.41, 5.74) is 5.10. The summed E-state index contributed by atoms with van der Waals surface area (Å²) in [5, 5.41) is 14.5. The number of aromatic nitrogens is 3. The van der Waals surface area contributed by atoms with Gasteiger partial charge in [-0.25, -0.2) is 15.0 Å². The minimum atomic E-state index is -0.342. The fourth-order valence-corrected chi connectivity index (χ4v) is 6.99. The molecule has 4 N–H and O–H groups in total. The number of anilines is 2. The summed E-state index contributed by atoms with van der Waals surface area (Å²) in [6.07, 6.45) is 3.11. The number of benzene rings is 2. The normalized spacial score (nSPS) is 14.2. The van der Waals surface area contributed by atoms with Crippen LogP contribution in [-0.2, 0) is 27.4 Å². The first-order valence-corrected chi connectivity index (χ1v) is 16.8. The first kappa shape index (κ1) is 33.6. The molecule has 1 unspecified atom stereocenters. The van der Waals surface area contributed by atoms with E-state index in [4.69, 9.17) is 37.9 Å². The van der Waals surface area contributed by atoms with Gasteiger partial charge in [-0.3, -0.25) is 9.59 Å². The van der Waals surface area contributed by atoms with Gasteiger partial charge in [-0.2, -0.15) is 0 Å². The molecule has 1 amide bonds. The maximum atomic E-state index is 11.5. The van der Waals surface area contributed by atoms with Crippen LogP contribution in [0.3, 0.4) is 0 Å². The summed E-state index contributed by atoms with van der Waals surface area (Å²) < 4.78 is 11.3. The van der Waals surface area contributed by atoms with E-state index in [-0.39, 0.29) is 24.5 Å². The highest BCUT2D eigenvalue weighted by Gasteiger charge is 2.21. The maximum Gasteiger partial charge on any atom is 0.319 e. The molecule has 14 heteroatoms. The molecule has 2 aromatic carbocycles. The Morgan fingerprint density at radius 3 is 2.54 bits per heavy atom. The van der Waals surface area contributed by atoms with Crippen LogP contribution < -0.4 is 26.0 Å². The van der Waals surface area contributed by atoms with Crippen LogP contribution in [-0.4, -0.2) is 60.2 Å². The largest absolute Gasteiger partial charge is 0.481 e. The van der Waals surface area contributed by atoms with Crippen molar-refractivity contribution in [3.63, 3.8) is 0 Å². The molecule has 3 aromatic heterocycles. The molecule has 0 spiro atoms. The Hall–Kier alpha value is -4.33. The highest BCUT2D eigenvalue weighted by atomic mass is 35.5. The molecule has 248 valence electrons. The first-order valence-electron chi connectivity index (χ1n) is 15.2. The third-order valence-electron chi connectivity index (χ3n) is 7.86. The Labute approximate surface area is 291 Å². The van der Waals surface area contributed by atoms with Gasteiger partial charge in [0.15, 0.2) is 5.82 Å². The Kier molecular flexibility index (Phi) is 10.7. The van der Waals surface area contributed by atoms with Gasteiger partial charge in [0.25, 0.3) is 0 Å². The van der Waals surface area contributed by atoms with Crippen molar-refractivity contribution >= 4 is 68.1 Å². The summed E-state index contributed by atoms with van der Waals surface area (Å²) in [5.74, 6) is 0.802. The molecule has 0 saturated carbocycles. The van der Waals surface area contributed by atoms with Crippen LogP contribution in [0, 0.1) is 0 Å². The highest BCUT2D eigenvalue weighted by Crippen LogP contribution is 2.42. The molecule has 0 bridgehead atoms. The predicted octanol–water partition coefficient (Wildman–Crippen LogP) is 6.11. The second kappa shape index (κ2) is 15.3. The molecular formula is C34H33Cl2N7O4S. The summed E-state index contributed by atoms with van der Waals surface area (Å²) >= 11 is 15.6. The van der Waals surface area contributed by atoms with E-state index in [1.54, 1.807) is 13.3 Å². The molecule has 1 aliphatic rings. The summed E-state index contributed by atoms with van der Waals surface area (Å²) in [4.78, 5) is 37.0. The Morgan fingerprint density at radius 1 is 0.979 bits per heavy atom. The number of carbonyl (C=O) groups is 2. The number of nitrogens with zero attached hydrogens (tertiary/aromatic N) is 3.